The van der Waals surface area contributed by atoms with Crippen LogP contribution in [0.1, 0.15) is 43.5 Å². The number of benzene rings is 1. The van der Waals surface area contributed by atoms with Gasteiger partial charge in [0.1, 0.15) is 6.61 Å². The first-order valence-corrected chi connectivity index (χ1v) is 6.89. The van der Waals surface area contributed by atoms with E-state index in [-0.39, 0.29) is 24.4 Å². The summed E-state index contributed by atoms with van der Waals surface area (Å²) in [5, 5.41) is 3.34. The Morgan fingerprint density at radius 2 is 1.95 bits per heavy atom. The zero-order chi connectivity index (χ0) is 14.1. The van der Waals surface area contributed by atoms with Crippen LogP contribution >= 0.6 is 12.4 Å². The second-order valence-electron chi connectivity index (χ2n) is 4.78. The molecule has 0 aliphatic rings. The number of esters is 1. The first-order valence-electron chi connectivity index (χ1n) is 6.89. The van der Waals surface area contributed by atoms with E-state index in [9.17, 15) is 4.79 Å². The second kappa shape index (κ2) is 10.5. The first kappa shape index (κ1) is 18.7. The van der Waals surface area contributed by atoms with Crippen molar-refractivity contribution in [1.29, 1.82) is 0 Å². The lowest BCUT2D eigenvalue weighted by atomic mass is 10.2. The molecule has 1 rings (SSSR count). The molecule has 1 unspecified atom stereocenters. The third-order valence-electron chi connectivity index (χ3n) is 2.88. The number of anilines is 1. The molecule has 1 aromatic rings. The van der Waals surface area contributed by atoms with Gasteiger partial charge in [-0.05, 0) is 44.2 Å². The molecule has 0 saturated heterocycles. The predicted octanol–water partition coefficient (Wildman–Crippen LogP) is 3.02. The van der Waals surface area contributed by atoms with Gasteiger partial charge in [-0.2, -0.15) is 0 Å². The summed E-state index contributed by atoms with van der Waals surface area (Å²) in [6.45, 7) is 5.55. The van der Waals surface area contributed by atoms with Crippen molar-refractivity contribution in [3.8, 4) is 0 Å². The van der Waals surface area contributed by atoms with Crippen molar-refractivity contribution >= 4 is 24.1 Å². The molecule has 0 saturated carbocycles. The predicted molar refractivity (Wildman–Crippen MR) is 85.4 cm³/mol. The number of nitrogens with one attached hydrogen (secondary N) is 1. The maximum Gasteiger partial charge on any atom is 0.338 e. The van der Waals surface area contributed by atoms with Crippen molar-refractivity contribution in [2.45, 2.75) is 39.2 Å². The monoisotopic (exact) mass is 300 g/mol. The fraction of sp³-hybridized carbons (Fsp3) is 0.533. The smallest absolute Gasteiger partial charge is 0.338 e. The van der Waals surface area contributed by atoms with Gasteiger partial charge >= 0.3 is 5.97 Å². The summed E-state index contributed by atoms with van der Waals surface area (Å²) >= 11 is 0. The van der Waals surface area contributed by atoms with Crippen LogP contribution in [0.5, 0.6) is 0 Å². The summed E-state index contributed by atoms with van der Waals surface area (Å²) in [5.41, 5.74) is 6.74. The Morgan fingerprint density at radius 1 is 1.30 bits per heavy atom. The van der Waals surface area contributed by atoms with Crippen molar-refractivity contribution in [2.75, 3.05) is 18.9 Å². The lowest BCUT2D eigenvalue weighted by Crippen LogP contribution is -2.32. The molecule has 5 heteroatoms. The van der Waals surface area contributed by atoms with E-state index in [1.54, 1.807) is 24.3 Å². The van der Waals surface area contributed by atoms with E-state index in [0.29, 0.717) is 17.9 Å². The van der Waals surface area contributed by atoms with E-state index < -0.39 is 0 Å². The molecule has 0 aliphatic carbocycles. The Labute approximate surface area is 127 Å². The number of carbonyl (C=O) groups excluding carboxylic acids is 1. The minimum atomic E-state index is -0.304. The third-order valence-corrected chi connectivity index (χ3v) is 2.88. The summed E-state index contributed by atoms with van der Waals surface area (Å²) in [4.78, 5) is 11.7. The zero-order valence-electron chi connectivity index (χ0n) is 12.2. The SMILES string of the molecule is CCCCCNC(C)COC(=O)c1ccc(N)cc1.Cl. The van der Waals surface area contributed by atoms with Crippen molar-refractivity contribution in [1.82, 2.24) is 5.32 Å². The normalized spacial score (nSPS) is 11.5. The minimum Gasteiger partial charge on any atom is -0.460 e. The van der Waals surface area contributed by atoms with Crippen LogP contribution in [-0.4, -0.2) is 25.2 Å². The van der Waals surface area contributed by atoms with Crippen LogP contribution in [-0.2, 0) is 4.74 Å². The van der Waals surface area contributed by atoms with Crippen LogP contribution in [0.2, 0.25) is 0 Å². The molecule has 1 atom stereocenters. The molecule has 20 heavy (non-hydrogen) atoms. The van der Waals surface area contributed by atoms with E-state index in [2.05, 4.69) is 12.2 Å². The molecule has 114 valence electrons. The van der Waals surface area contributed by atoms with Gasteiger partial charge in [-0.3, -0.25) is 0 Å². The number of nitrogen functional groups attached to an aromatic ring is 1. The first-order chi connectivity index (χ1) is 9.13. The number of nitrogens with two attached hydrogens (primary N) is 1. The van der Waals surface area contributed by atoms with Crippen molar-refractivity contribution in [3.63, 3.8) is 0 Å². The average molecular weight is 301 g/mol. The Hall–Kier alpha value is -1.26. The molecule has 0 aliphatic heterocycles. The highest BCUT2D eigenvalue weighted by Crippen LogP contribution is 2.07. The second-order valence-corrected chi connectivity index (χ2v) is 4.78. The number of rotatable bonds is 8. The van der Waals surface area contributed by atoms with Crippen LogP contribution < -0.4 is 11.1 Å². The Kier molecular flexibility index (Phi) is 9.86. The molecular weight excluding hydrogens is 276 g/mol. The Bertz CT molecular complexity index is 382. The van der Waals surface area contributed by atoms with Crippen LogP contribution in [0.25, 0.3) is 0 Å². The average Bonchev–Trinajstić information content (AvgIpc) is 2.42. The van der Waals surface area contributed by atoms with Gasteiger partial charge in [0.2, 0.25) is 0 Å². The maximum absolute atomic E-state index is 11.7. The van der Waals surface area contributed by atoms with E-state index in [1.165, 1.54) is 12.8 Å². The van der Waals surface area contributed by atoms with E-state index in [4.69, 9.17) is 10.5 Å². The molecule has 0 heterocycles. The standard InChI is InChI=1S/C15H24N2O2.ClH/c1-3-4-5-10-17-12(2)11-19-15(18)13-6-8-14(16)9-7-13;/h6-9,12,17H,3-5,10-11,16H2,1-2H3;1H. The number of ether oxygens (including phenoxy) is 1. The quantitative estimate of drug-likeness (QED) is 0.440. The van der Waals surface area contributed by atoms with E-state index >= 15 is 0 Å². The molecule has 0 spiro atoms. The molecule has 1 aromatic carbocycles. The number of hydrogen-bond donors (Lipinski definition) is 2. The number of carbonyl (C=O) groups is 1. The maximum atomic E-state index is 11.7. The van der Waals surface area contributed by atoms with Crippen molar-refractivity contribution < 1.29 is 9.53 Å². The summed E-state index contributed by atoms with van der Waals surface area (Å²) in [7, 11) is 0. The Balaban J connectivity index is 0.00000361. The summed E-state index contributed by atoms with van der Waals surface area (Å²) in [5.74, 6) is -0.304. The Morgan fingerprint density at radius 3 is 2.55 bits per heavy atom. The number of unbranched alkanes of at least 4 members (excludes halogenated alkanes) is 2. The number of hydrogen-bond acceptors (Lipinski definition) is 4. The molecule has 0 fully saturated rings. The molecule has 0 amide bonds. The van der Waals surface area contributed by atoms with Crippen molar-refractivity contribution in [3.05, 3.63) is 29.8 Å². The fourth-order valence-corrected chi connectivity index (χ4v) is 1.69. The zero-order valence-corrected chi connectivity index (χ0v) is 13.0. The molecule has 4 nitrogen and oxygen atoms in total. The fourth-order valence-electron chi connectivity index (χ4n) is 1.69. The highest BCUT2D eigenvalue weighted by Gasteiger charge is 2.09. The van der Waals surface area contributed by atoms with Gasteiger partial charge in [-0.1, -0.05) is 19.8 Å². The van der Waals surface area contributed by atoms with Gasteiger partial charge in [0.05, 0.1) is 5.56 Å². The highest BCUT2D eigenvalue weighted by molar-refractivity contribution is 5.89. The summed E-state index contributed by atoms with van der Waals surface area (Å²) < 4.78 is 5.24. The van der Waals surface area contributed by atoms with E-state index in [1.807, 2.05) is 6.92 Å². The molecular formula is C15H25ClN2O2. The summed E-state index contributed by atoms with van der Waals surface area (Å²) in [6, 6.07) is 6.93. The third kappa shape index (κ3) is 7.36. The lowest BCUT2D eigenvalue weighted by Gasteiger charge is -2.14. The lowest BCUT2D eigenvalue weighted by molar-refractivity contribution is 0.0472. The molecule has 0 aromatic heterocycles. The van der Waals surface area contributed by atoms with Gasteiger partial charge < -0.3 is 15.8 Å². The minimum absolute atomic E-state index is 0. The highest BCUT2D eigenvalue weighted by atomic mass is 35.5. The van der Waals surface area contributed by atoms with Crippen molar-refractivity contribution in [2.24, 2.45) is 0 Å². The van der Waals surface area contributed by atoms with Gasteiger partial charge in [-0.15, -0.1) is 12.4 Å². The molecule has 3 N–H and O–H groups in total. The summed E-state index contributed by atoms with van der Waals surface area (Å²) in [6.07, 6.45) is 3.60. The molecule has 0 radical (unpaired) electrons. The van der Waals surface area contributed by atoms with Crippen LogP contribution in [0.3, 0.4) is 0 Å². The van der Waals surface area contributed by atoms with Gasteiger partial charge in [0.15, 0.2) is 0 Å². The van der Waals surface area contributed by atoms with Gasteiger partial charge in [-0.25, -0.2) is 4.79 Å². The molecule has 0 bridgehead atoms. The largest absolute Gasteiger partial charge is 0.460 e. The van der Waals surface area contributed by atoms with E-state index in [0.717, 1.165) is 13.0 Å². The number of halogens is 1. The van der Waals surface area contributed by atoms with Crippen LogP contribution in [0.4, 0.5) is 5.69 Å². The van der Waals surface area contributed by atoms with Gasteiger partial charge in [0.25, 0.3) is 0 Å². The topological polar surface area (TPSA) is 64.3 Å². The van der Waals surface area contributed by atoms with Gasteiger partial charge in [0, 0.05) is 11.7 Å². The van der Waals surface area contributed by atoms with Crippen LogP contribution in [0, 0.1) is 0 Å². The van der Waals surface area contributed by atoms with Crippen LogP contribution in [0.15, 0.2) is 24.3 Å².